The van der Waals surface area contributed by atoms with E-state index in [-0.39, 0.29) is 23.7 Å². The van der Waals surface area contributed by atoms with Crippen molar-refractivity contribution < 1.29 is 9.59 Å². The molecule has 2 atom stereocenters. The Morgan fingerprint density at radius 2 is 1.96 bits per heavy atom. The number of benzene rings is 1. The largest absolute Gasteiger partial charge is 0.340 e. The summed E-state index contributed by atoms with van der Waals surface area (Å²) in [6, 6.07) is 7.06. The highest BCUT2D eigenvalue weighted by Crippen LogP contribution is 2.41. The zero-order valence-corrected chi connectivity index (χ0v) is 14.1. The van der Waals surface area contributed by atoms with Gasteiger partial charge in [0.2, 0.25) is 11.8 Å². The molecule has 5 nitrogen and oxygen atoms in total. The molecular formula is C17H22ClN3O2. The summed E-state index contributed by atoms with van der Waals surface area (Å²) in [6.45, 7) is 6.55. The van der Waals surface area contributed by atoms with Gasteiger partial charge in [0.15, 0.2) is 0 Å². The minimum Gasteiger partial charge on any atom is -0.340 e. The van der Waals surface area contributed by atoms with Crippen LogP contribution in [0, 0.1) is 11.8 Å². The van der Waals surface area contributed by atoms with Crippen molar-refractivity contribution in [2.75, 3.05) is 38.0 Å². The molecule has 1 saturated carbocycles. The Morgan fingerprint density at radius 1 is 1.22 bits per heavy atom. The molecule has 0 bridgehead atoms. The monoisotopic (exact) mass is 335 g/mol. The Kier molecular flexibility index (Phi) is 4.87. The van der Waals surface area contributed by atoms with Crippen LogP contribution in [-0.4, -0.2) is 54.3 Å². The van der Waals surface area contributed by atoms with E-state index in [4.69, 9.17) is 11.6 Å². The fraction of sp³-hybridized carbons (Fsp3) is 0.529. The van der Waals surface area contributed by atoms with Crippen molar-refractivity contribution in [3.8, 4) is 0 Å². The Morgan fingerprint density at radius 3 is 2.61 bits per heavy atom. The number of carbonyl (C=O) groups excluding carboxylic acids is 2. The molecule has 2 unspecified atom stereocenters. The first-order chi connectivity index (χ1) is 11.1. The summed E-state index contributed by atoms with van der Waals surface area (Å²) in [5, 5.41) is 3.43. The standard InChI is InChI=1S/C17H22ClN3O2/c1-2-20-6-8-21(9-7-20)17(23)15-11-14(15)16(22)19-13-5-3-4-12(18)10-13/h3-5,10,14-15H,2,6-9,11H2,1H3,(H,19,22). The van der Waals surface area contributed by atoms with Crippen molar-refractivity contribution in [1.82, 2.24) is 9.80 Å². The Labute approximate surface area is 141 Å². The molecule has 6 heteroatoms. The van der Waals surface area contributed by atoms with Gasteiger partial charge in [0.05, 0.1) is 11.8 Å². The van der Waals surface area contributed by atoms with E-state index in [1.54, 1.807) is 24.3 Å². The zero-order valence-electron chi connectivity index (χ0n) is 13.3. The highest BCUT2D eigenvalue weighted by molar-refractivity contribution is 6.30. The molecule has 0 spiro atoms. The number of hydrogen-bond donors (Lipinski definition) is 1. The van der Waals surface area contributed by atoms with Gasteiger partial charge in [-0.1, -0.05) is 24.6 Å². The maximum atomic E-state index is 12.5. The molecule has 0 radical (unpaired) electrons. The van der Waals surface area contributed by atoms with Crippen LogP contribution in [0.1, 0.15) is 13.3 Å². The quantitative estimate of drug-likeness (QED) is 0.916. The topological polar surface area (TPSA) is 52.7 Å². The van der Waals surface area contributed by atoms with Gasteiger partial charge in [0.25, 0.3) is 0 Å². The number of amides is 2. The summed E-state index contributed by atoms with van der Waals surface area (Å²) in [5.41, 5.74) is 0.678. The number of anilines is 1. The normalized spacial score (nSPS) is 24.3. The minimum absolute atomic E-state index is 0.0854. The number of nitrogens with one attached hydrogen (secondary N) is 1. The van der Waals surface area contributed by atoms with Crippen molar-refractivity contribution in [3.05, 3.63) is 29.3 Å². The summed E-state index contributed by atoms with van der Waals surface area (Å²) < 4.78 is 0. The van der Waals surface area contributed by atoms with Crippen LogP contribution in [0.15, 0.2) is 24.3 Å². The fourth-order valence-corrected chi connectivity index (χ4v) is 3.27. The van der Waals surface area contributed by atoms with E-state index in [1.807, 2.05) is 4.90 Å². The van der Waals surface area contributed by atoms with Crippen LogP contribution in [0.2, 0.25) is 5.02 Å². The highest BCUT2D eigenvalue weighted by Gasteiger charge is 2.49. The van der Waals surface area contributed by atoms with Crippen LogP contribution in [0.4, 0.5) is 5.69 Å². The predicted octanol–water partition coefficient (Wildman–Crippen LogP) is 2.08. The SMILES string of the molecule is CCN1CCN(C(=O)C2CC2C(=O)Nc2cccc(Cl)c2)CC1. The average Bonchev–Trinajstić information content (AvgIpc) is 3.35. The van der Waals surface area contributed by atoms with Gasteiger partial charge in [-0.05, 0) is 31.2 Å². The summed E-state index contributed by atoms with van der Waals surface area (Å²) in [4.78, 5) is 29.0. The number of piperazine rings is 1. The summed E-state index contributed by atoms with van der Waals surface area (Å²) in [7, 11) is 0. The molecule has 2 aliphatic rings. The number of carbonyl (C=O) groups is 2. The molecule has 1 heterocycles. The van der Waals surface area contributed by atoms with Crippen LogP contribution in [0.25, 0.3) is 0 Å². The van der Waals surface area contributed by atoms with Crippen LogP contribution in [-0.2, 0) is 9.59 Å². The first-order valence-electron chi connectivity index (χ1n) is 8.16. The zero-order chi connectivity index (χ0) is 16.4. The van der Waals surface area contributed by atoms with Gasteiger partial charge >= 0.3 is 0 Å². The lowest BCUT2D eigenvalue weighted by atomic mass is 10.2. The molecule has 124 valence electrons. The number of halogens is 1. The molecular weight excluding hydrogens is 314 g/mol. The van der Waals surface area contributed by atoms with E-state index >= 15 is 0 Å². The van der Waals surface area contributed by atoms with Crippen molar-refractivity contribution in [1.29, 1.82) is 0 Å². The molecule has 2 amide bonds. The van der Waals surface area contributed by atoms with Gasteiger partial charge in [-0.3, -0.25) is 9.59 Å². The van der Waals surface area contributed by atoms with Crippen LogP contribution in [0.3, 0.4) is 0 Å². The van der Waals surface area contributed by atoms with Gasteiger partial charge in [0, 0.05) is 36.9 Å². The molecule has 1 aliphatic carbocycles. The molecule has 2 fully saturated rings. The van der Waals surface area contributed by atoms with Gasteiger partial charge in [-0.15, -0.1) is 0 Å². The Balaban J connectivity index is 1.50. The van der Waals surface area contributed by atoms with E-state index in [1.165, 1.54) is 0 Å². The maximum absolute atomic E-state index is 12.5. The second-order valence-corrected chi connectivity index (χ2v) is 6.64. The predicted molar refractivity (Wildman–Crippen MR) is 90.4 cm³/mol. The van der Waals surface area contributed by atoms with Crippen molar-refractivity contribution in [3.63, 3.8) is 0 Å². The molecule has 1 aromatic carbocycles. The first kappa shape index (κ1) is 16.3. The van der Waals surface area contributed by atoms with Crippen molar-refractivity contribution >= 4 is 29.1 Å². The highest BCUT2D eigenvalue weighted by atomic mass is 35.5. The summed E-state index contributed by atoms with van der Waals surface area (Å²) in [6.07, 6.45) is 0.652. The molecule has 1 saturated heterocycles. The third-order valence-corrected chi connectivity index (χ3v) is 4.90. The maximum Gasteiger partial charge on any atom is 0.228 e. The van der Waals surface area contributed by atoms with Gasteiger partial charge < -0.3 is 15.1 Å². The lowest BCUT2D eigenvalue weighted by molar-refractivity contribution is -0.135. The van der Waals surface area contributed by atoms with E-state index in [0.717, 1.165) is 32.7 Å². The van der Waals surface area contributed by atoms with Gasteiger partial charge in [0.1, 0.15) is 0 Å². The van der Waals surface area contributed by atoms with Gasteiger partial charge in [-0.2, -0.15) is 0 Å². The molecule has 3 rings (SSSR count). The summed E-state index contributed by atoms with van der Waals surface area (Å²) >= 11 is 5.91. The third kappa shape index (κ3) is 3.85. The lowest BCUT2D eigenvalue weighted by Crippen LogP contribution is -2.49. The van der Waals surface area contributed by atoms with E-state index < -0.39 is 0 Å². The minimum atomic E-state index is -0.203. The van der Waals surface area contributed by atoms with Crippen molar-refractivity contribution in [2.45, 2.75) is 13.3 Å². The van der Waals surface area contributed by atoms with E-state index in [2.05, 4.69) is 17.1 Å². The smallest absolute Gasteiger partial charge is 0.228 e. The molecule has 0 aromatic heterocycles. The Hall–Kier alpha value is -1.59. The molecule has 1 aliphatic heterocycles. The van der Waals surface area contributed by atoms with Crippen molar-refractivity contribution in [2.24, 2.45) is 11.8 Å². The first-order valence-corrected chi connectivity index (χ1v) is 8.54. The third-order valence-electron chi connectivity index (χ3n) is 4.67. The second kappa shape index (κ2) is 6.89. The lowest BCUT2D eigenvalue weighted by Gasteiger charge is -2.34. The number of rotatable bonds is 4. The van der Waals surface area contributed by atoms with Crippen LogP contribution >= 0.6 is 11.6 Å². The molecule has 1 N–H and O–H groups in total. The fourth-order valence-electron chi connectivity index (χ4n) is 3.08. The average molecular weight is 336 g/mol. The van der Waals surface area contributed by atoms with Crippen LogP contribution < -0.4 is 5.32 Å². The Bertz CT molecular complexity index is 599. The number of likely N-dealkylation sites (N-methyl/N-ethyl adjacent to an activating group) is 1. The second-order valence-electron chi connectivity index (χ2n) is 6.21. The van der Waals surface area contributed by atoms with Crippen LogP contribution in [0.5, 0.6) is 0 Å². The van der Waals surface area contributed by atoms with Gasteiger partial charge in [-0.25, -0.2) is 0 Å². The molecule has 1 aromatic rings. The number of hydrogen-bond acceptors (Lipinski definition) is 3. The number of nitrogens with zero attached hydrogens (tertiary/aromatic N) is 2. The van der Waals surface area contributed by atoms with E-state index in [0.29, 0.717) is 17.1 Å². The molecule has 23 heavy (non-hydrogen) atoms. The van der Waals surface area contributed by atoms with E-state index in [9.17, 15) is 9.59 Å². The summed E-state index contributed by atoms with van der Waals surface area (Å²) in [5.74, 6) is -0.308.